The summed E-state index contributed by atoms with van der Waals surface area (Å²) in [5.74, 6) is -0.402. The highest BCUT2D eigenvalue weighted by atomic mass is 16.5. The molecule has 166 valence electrons. The Morgan fingerprint density at radius 3 is 2.26 bits per heavy atom. The maximum absolute atomic E-state index is 12.7. The molecule has 31 heavy (non-hydrogen) atoms. The van der Waals surface area contributed by atoms with Gasteiger partial charge in [0.25, 0.3) is 18.9 Å². The molecule has 0 spiro atoms. The number of hydrogen-bond donors (Lipinski definition) is 2. The van der Waals surface area contributed by atoms with Crippen LogP contribution in [-0.4, -0.2) is 70.1 Å². The highest BCUT2D eigenvalue weighted by Gasteiger charge is 2.22. The van der Waals surface area contributed by atoms with E-state index in [0.29, 0.717) is 42.8 Å². The molecule has 0 aliphatic carbocycles. The van der Waals surface area contributed by atoms with Gasteiger partial charge >= 0.3 is 5.97 Å². The van der Waals surface area contributed by atoms with Crippen molar-refractivity contribution in [3.8, 4) is 0 Å². The number of ether oxygens (including phenoxy) is 1. The van der Waals surface area contributed by atoms with Gasteiger partial charge in [-0.3, -0.25) is 24.4 Å². The summed E-state index contributed by atoms with van der Waals surface area (Å²) in [5, 5.41) is 13.8. The van der Waals surface area contributed by atoms with E-state index in [1.807, 2.05) is 24.0 Å². The number of carboxylic acid groups (broad SMARTS) is 2. The molecule has 1 aliphatic heterocycles. The van der Waals surface area contributed by atoms with Crippen LogP contribution < -0.4 is 0 Å². The van der Waals surface area contributed by atoms with E-state index in [4.69, 9.17) is 24.5 Å². The number of hydrogen-bond acceptors (Lipinski definition) is 7. The first-order chi connectivity index (χ1) is 14.8. The number of carbonyl (C=O) groups is 4. The van der Waals surface area contributed by atoms with Crippen LogP contribution in [0.1, 0.15) is 43.4 Å². The molecule has 10 heteroatoms. The second-order valence-electron chi connectivity index (χ2n) is 6.41. The van der Waals surface area contributed by atoms with Crippen molar-refractivity contribution in [2.24, 2.45) is 0 Å². The Morgan fingerprint density at radius 2 is 1.71 bits per heavy atom. The summed E-state index contributed by atoms with van der Waals surface area (Å²) < 4.78 is 4.82. The van der Waals surface area contributed by atoms with Gasteiger partial charge in [-0.15, -0.1) is 0 Å². The lowest BCUT2D eigenvalue weighted by Crippen LogP contribution is -2.33. The zero-order valence-electron chi connectivity index (χ0n) is 17.6. The van der Waals surface area contributed by atoms with Gasteiger partial charge in [0.15, 0.2) is 0 Å². The third-order valence-electron chi connectivity index (χ3n) is 4.50. The fourth-order valence-electron chi connectivity index (χ4n) is 3.03. The first-order valence-electron chi connectivity index (χ1n) is 9.28. The molecule has 3 heterocycles. The minimum absolute atomic E-state index is 0.0229. The molecule has 0 bridgehead atoms. The van der Waals surface area contributed by atoms with Gasteiger partial charge in [-0.2, -0.15) is 0 Å². The number of nitrogens with zero attached hydrogens (tertiary/aromatic N) is 3. The van der Waals surface area contributed by atoms with Crippen LogP contribution in [0.5, 0.6) is 0 Å². The Balaban J connectivity index is 0.000000720. The molecular formula is C21H25N3O7. The smallest absolute Gasteiger partial charge is 0.339 e. The lowest BCUT2D eigenvalue weighted by atomic mass is 10.0. The van der Waals surface area contributed by atoms with Gasteiger partial charge in [0.05, 0.1) is 23.9 Å². The first-order valence-corrected chi connectivity index (χ1v) is 9.28. The summed E-state index contributed by atoms with van der Waals surface area (Å²) >= 11 is 0. The highest BCUT2D eigenvalue weighted by molar-refractivity contribution is 5.94. The van der Waals surface area contributed by atoms with Crippen LogP contribution in [0.25, 0.3) is 0 Å². The van der Waals surface area contributed by atoms with Gasteiger partial charge in [-0.05, 0) is 44.0 Å². The highest BCUT2D eigenvalue weighted by Crippen LogP contribution is 2.20. The number of amides is 1. The SMILES string of the molecule is COC(=O)c1cc2c(nc1C)CCN(C(=O)c1ccc(C)nc1)CC2.O=CO.O=CO. The molecule has 0 saturated carbocycles. The second kappa shape index (κ2) is 12.7. The van der Waals surface area contributed by atoms with Gasteiger partial charge in [0, 0.05) is 37.1 Å². The predicted octanol–water partition coefficient (Wildman–Crippen LogP) is 1.52. The number of pyridine rings is 2. The van der Waals surface area contributed by atoms with Gasteiger partial charge in [0.1, 0.15) is 0 Å². The normalized spacial score (nSPS) is 11.9. The monoisotopic (exact) mass is 431 g/mol. The summed E-state index contributed by atoms with van der Waals surface area (Å²) in [4.78, 5) is 51.9. The molecule has 0 aromatic carbocycles. The number of fused-ring (bicyclic) bond motifs is 1. The van der Waals surface area contributed by atoms with Crippen LogP contribution >= 0.6 is 0 Å². The van der Waals surface area contributed by atoms with Crippen molar-refractivity contribution in [3.63, 3.8) is 0 Å². The summed E-state index contributed by atoms with van der Waals surface area (Å²) in [6, 6.07) is 5.50. The maximum Gasteiger partial charge on any atom is 0.339 e. The Labute approximate surface area is 179 Å². The molecule has 2 N–H and O–H groups in total. The molecule has 0 unspecified atom stereocenters. The van der Waals surface area contributed by atoms with Crippen LogP contribution in [0.3, 0.4) is 0 Å². The van der Waals surface area contributed by atoms with E-state index >= 15 is 0 Å². The molecule has 10 nitrogen and oxygen atoms in total. The lowest BCUT2D eigenvalue weighted by Gasteiger charge is -2.20. The van der Waals surface area contributed by atoms with Crippen molar-refractivity contribution < 1.29 is 34.1 Å². The summed E-state index contributed by atoms with van der Waals surface area (Å²) in [5.41, 5.74) is 4.58. The topological polar surface area (TPSA) is 147 Å². The van der Waals surface area contributed by atoms with E-state index in [2.05, 4.69) is 9.97 Å². The molecule has 3 rings (SSSR count). The van der Waals surface area contributed by atoms with Crippen molar-refractivity contribution in [3.05, 3.63) is 58.2 Å². The average Bonchev–Trinajstić information content (AvgIpc) is 2.96. The Morgan fingerprint density at radius 1 is 1.10 bits per heavy atom. The molecule has 0 radical (unpaired) electrons. The Bertz CT molecular complexity index is 908. The summed E-state index contributed by atoms with van der Waals surface area (Å²) in [7, 11) is 1.36. The van der Waals surface area contributed by atoms with Crippen molar-refractivity contribution in [2.45, 2.75) is 26.7 Å². The van der Waals surface area contributed by atoms with Crippen LogP contribution in [0.4, 0.5) is 0 Å². The van der Waals surface area contributed by atoms with Gasteiger partial charge in [-0.25, -0.2) is 4.79 Å². The van der Waals surface area contributed by atoms with Crippen LogP contribution in [0, 0.1) is 13.8 Å². The lowest BCUT2D eigenvalue weighted by molar-refractivity contribution is -0.123. The minimum atomic E-state index is -0.379. The van der Waals surface area contributed by atoms with Crippen molar-refractivity contribution in [1.82, 2.24) is 14.9 Å². The van der Waals surface area contributed by atoms with E-state index in [9.17, 15) is 9.59 Å². The number of methoxy groups -OCH3 is 1. The molecule has 0 fully saturated rings. The molecule has 1 amide bonds. The fraction of sp³-hybridized carbons (Fsp3) is 0.333. The van der Waals surface area contributed by atoms with E-state index in [1.54, 1.807) is 19.2 Å². The Kier molecular flexibility index (Phi) is 10.3. The summed E-state index contributed by atoms with van der Waals surface area (Å²) in [6.07, 6.45) is 2.95. The third kappa shape index (κ3) is 7.18. The van der Waals surface area contributed by atoms with Crippen molar-refractivity contribution >= 4 is 24.8 Å². The predicted molar refractivity (Wildman–Crippen MR) is 110 cm³/mol. The van der Waals surface area contributed by atoms with Gasteiger partial charge in [-0.1, -0.05) is 0 Å². The zero-order chi connectivity index (χ0) is 23.4. The van der Waals surface area contributed by atoms with Gasteiger partial charge < -0.3 is 19.8 Å². The van der Waals surface area contributed by atoms with E-state index < -0.39 is 0 Å². The number of carbonyl (C=O) groups excluding carboxylic acids is 2. The third-order valence-corrected chi connectivity index (χ3v) is 4.50. The molecular weight excluding hydrogens is 406 g/mol. The van der Waals surface area contributed by atoms with Gasteiger partial charge in [0.2, 0.25) is 0 Å². The van der Waals surface area contributed by atoms with Crippen LogP contribution in [0.15, 0.2) is 24.4 Å². The number of aromatic nitrogens is 2. The summed E-state index contributed by atoms with van der Waals surface area (Å²) in [6.45, 7) is 4.39. The van der Waals surface area contributed by atoms with Crippen molar-refractivity contribution in [2.75, 3.05) is 20.2 Å². The first kappa shape index (κ1) is 25.2. The maximum atomic E-state index is 12.7. The molecule has 1 aliphatic rings. The Hall–Kier alpha value is -3.82. The average molecular weight is 431 g/mol. The van der Waals surface area contributed by atoms with E-state index in [-0.39, 0.29) is 24.8 Å². The molecule has 0 saturated heterocycles. The number of esters is 1. The quantitative estimate of drug-likeness (QED) is 0.533. The van der Waals surface area contributed by atoms with Crippen LogP contribution in [-0.2, 0) is 27.2 Å². The molecule has 2 aromatic rings. The number of rotatable bonds is 2. The number of aryl methyl sites for hydroxylation is 2. The van der Waals surface area contributed by atoms with Crippen molar-refractivity contribution in [1.29, 1.82) is 0 Å². The standard InChI is InChI=1S/C19H21N3O3.2CH2O2/c1-12-4-5-15(11-20-12)18(23)22-8-6-14-10-16(19(24)25-3)13(2)21-17(14)7-9-22;2*2-1-3/h4-5,10-11H,6-9H2,1-3H3;2*1H,(H,2,3). The largest absolute Gasteiger partial charge is 0.483 e. The fourth-order valence-corrected chi connectivity index (χ4v) is 3.03. The molecule has 0 atom stereocenters. The zero-order valence-corrected chi connectivity index (χ0v) is 17.6. The van der Waals surface area contributed by atoms with Crippen LogP contribution in [0.2, 0.25) is 0 Å². The molecule has 2 aromatic heterocycles. The minimum Gasteiger partial charge on any atom is -0.483 e. The second-order valence-corrected chi connectivity index (χ2v) is 6.41. The van der Waals surface area contributed by atoms with E-state index in [1.165, 1.54) is 7.11 Å². The van der Waals surface area contributed by atoms with E-state index in [0.717, 1.165) is 17.0 Å².